The molecule has 1 N–H and O–H groups in total. The Morgan fingerprint density at radius 1 is 1.00 bits per heavy atom. The van der Waals surface area contributed by atoms with Crippen molar-refractivity contribution in [2.45, 2.75) is 13.5 Å². The van der Waals surface area contributed by atoms with E-state index in [0.717, 1.165) is 6.07 Å². The summed E-state index contributed by atoms with van der Waals surface area (Å²) in [6, 6.07) is 7.43. The molecule has 0 heterocycles. The number of nitrogens with one attached hydrogen (secondary N) is 1. The predicted molar refractivity (Wildman–Crippen MR) is 71.3 cm³/mol. The van der Waals surface area contributed by atoms with Crippen LogP contribution in [-0.4, -0.2) is 6.61 Å². The fraction of sp³-hybridized carbons (Fsp3) is 0.200. The van der Waals surface area contributed by atoms with E-state index in [0.29, 0.717) is 23.6 Å². The molecule has 0 spiro atoms. The van der Waals surface area contributed by atoms with Crippen LogP contribution in [0.3, 0.4) is 0 Å². The number of hydrogen-bond acceptors (Lipinski definition) is 2. The van der Waals surface area contributed by atoms with Gasteiger partial charge in [-0.3, -0.25) is 0 Å². The number of hydrogen-bond donors (Lipinski definition) is 1. The number of benzene rings is 2. The summed E-state index contributed by atoms with van der Waals surface area (Å²) in [4.78, 5) is 0. The highest BCUT2D eigenvalue weighted by Gasteiger charge is 2.07. The van der Waals surface area contributed by atoms with Gasteiger partial charge < -0.3 is 10.1 Å². The minimum Gasteiger partial charge on any atom is -0.492 e. The Balaban J connectivity index is 2.14. The summed E-state index contributed by atoms with van der Waals surface area (Å²) >= 11 is 0. The van der Waals surface area contributed by atoms with Gasteiger partial charge >= 0.3 is 0 Å². The van der Waals surface area contributed by atoms with Gasteiger partial charge in [0, 0.05) is 24.2 Å². The summed E-state index contributed by atoms with van der Waals surface area (Å²) in [5, 5.41) is 2.95. The molecule has 2 aromatic rings. The zero-order valence-corrected chi connectivity index (χ0v) is 10.9. The Bertz CT molecular complexity index is 602. The van der Waals surface area contributed by atoms with Gasteiger partial charge in [0.1, 0.15) is 23.2 Å². The molecule has 0 unspecified atom stereocenters. The first-order valence-corrected chi connectivity index (χ1v) is 6.20. The maximum Gasteiger partial charge on any atom is 0.145 e. The highest BCUT2D eigenvalue weighted by atomic mass is 19.1. The Kier molecular flexibility index (Phi) is 4.50. The van der Waals surface area contributed by atoms with Crippen LogP contribution in [0, 0.1) is 17.5 Å². The van der Waals surface area contributed by atoms with Gasteiger partial charge in [0.2, 0.25) is 0 Å². The molecule has 0 fully saturated rings. The molecular formula is C15H14F3NO. The normalized spacial score (nSPS) is 10.4. The summed E-state index contributed by atoms with van der Waals surface area (Å²) < 4.78 is 44.7. The molecule has 0 bridgehead atoms. The minimum atomic E-state index is -0.627. The lowest BCUT2D eigenvalue weighted by atomic mass is 10.2. The SMILES string of the molecule is CCOc1cc(F)ccc1NCc1ccc(F)cc1F. The molecule has 106 valence electrons. The maximum absolute atomic E-state index is 13.5. The summed E-state index contributed by atoms with van der Waals surface area (Å²) in [5.74, 6) is -1.30. The van der Waals surface area contributed by atoms with Gasteiger partial charge in [0.05, 0.1) is 12.3 Å². The summed E-state index contributed by atoms with van der Waals surface area (Å²) in [6.45, 7) is 2.33. The zero-order valence-electron chi connectivity index (χ0n) is 10.9. The first kappa shape index (κ1) is 14.2. The molecule has 0 aliphatic heterocycles. The summed E-state index contributed by atoms with van der Waals surface area (Å²) in [6.07, 6.45) is 0. The molecule has 0 aromatic heterocycles. The third-order valence-electron chi connectivity index (χ3n) is 2.73. The molecule has 0 radical (unpaired) electrons. The van der Waals surface area contributed by atoms with Gasteiger partial charge in [0.15, 0.2) is 0 Å². The second-order valence-corrected chi connectivity index (χ2v) is 4.16. The number of halogens is 3. The van der Waals surface area contributed by atoms with Gasteiger partial charge in [-0.05, 0) is 25.1 Å². The molecule has 20 heavy (non-hydrogen) atoms. The fourth-order valence-corrected chi connectivity index (χ4v) is 1.77. The van der Waals surface area contributed by atoms with Crippen molar-refractivity contribution >= 4 is 5.69 Å². The van der Waals surface area contributed by atoms with Crippen molar-refractivity contribution in [3.05, 3.63) is 59.4 Å². The van der Waals surface area contributed by atoms with Crippen LogP contribution >= 0.6 is 0 Å². The lowest BCUT2D eigenvalue weighted by Gasteiger charge is -2.13. The monoisotopic (exact) mass is 281 g/mol. The number of rotatable bonds is 5. The van der Waals surface area contributed by atoms with E-state index in [-0.39, 0.29) is 6.54 Å². The van der Waals surface area contributed by atoms with Crippen LogP contribution in [0.25, 0.3) is 0 Å². The molecule has 0 saturated carbocycles. The maximum atomic E-state index is 13.5. The Morgan fingerprint density at radius 2 is 1.70 bits per heavy atom. The van der Waals surface area contributed by atoms with Gasteiger partial charge in [0.25, 0.3) is 0 Å². The first-order chi connectivity index (χ1) is 9.60. The fourth-order valence-electron chi connectivity index (χ4n) is 1.77. The topological polar surface area (TPSA) is 21.3 Å². The molecule has 2 rings (SSSR count). The minimum absolute atomic E-state index is 0.151. The van der Waals surface area contributed by atoms with Crippen LogP contribution in [0.5, 0.6) is 5.75 Å². The molecular weight excluding hydrogens is 267 g/mol. The van der Waals surface area contributed by atoms with Gasteiger partial charge in [-0.2, -0.15) is 0 Å². The third-order valence-corrected chi connectivity index (χ3v) is 2.73. The lowest BCUT2D eigenvalue weighted by molar-refractivity contribution is 0.339. The molecule has 0 amide bonds. The zero-order chi connectivity index (χ0) is 14.5. The van der Waals surface area contributed by atoms with Crippen molar-refractivity contribution in [1.29, 1.82) is 0 Å². The Labute approximate surface area is 115 Å². The van der Waals surface area contributed by atoms with Crippen molar-refractivity contribution in [3.8, 4) is 5.75 Å². The van der Waals surface area contributed by atoms with E-state index in [9.17, 15) is 13.2 Å². The van der Waals surface area contributed by atoms with E-state index >= 15 is 0 Å². The van der Waals surface area contributed by atoms with Crippen LogP contribution in [0.15, 0.2) is 36.4 Å². The summed E-state index contributed by atoms with van der Waals surface area (Å²) in [7, 11) is 0. The smallest absolute Gasteiger partial charge is 0.145 e. The largest absolute Gasteiger partial charge is 0.492 e. The molecule has 0 saturated heterocycles. The van der Waals surface area contributed by atoms with Crippen LogP contribution < -0.4 is 10.1 Å². The van der Waals surface area contributed by atoms with Crippen LogP contribution in [0.4, 0.5) is 18.9 Å². The number of ether oxygens (including phenoxy) is 1. The average molecular weight is 281 g/mol. The molecule has 2 nitrogen and oxygen atoms in total. The Hall–Kier alpha value is -2.17. The first-order valence-electron chi connectivity index (χ1n) is 6.20. The highest BCUT2D eigenvalue weighted by Crippen LogP contribution is 2.26. The van der Waals surface area contributed by atoms with Crippen LogP contribution in [0.2, 0.25) is 0 Å². The van der Waals surface area contributed by atoms with Crippen molar-refractivity contribution in [3.63, 3.8) is 0 Å². The summed E-state index contributed by atoms with van der Waals surface area (Å²) in [5.41, 5.74) is 0.871. The Morgan fingerprint density at radius 3 is 2.40 bits per heavy atom. The molecule has 0 atom stereocenters. The van der Waals surface area contributed by atoms with Crippen molar-refractivity contribution in [2.24, 2.45) is 0 Å². The van der Waals surface area contributed by atoms with Gasteiger partial charge in [-0.25, -0.2) is 13.2 Å². The van der Waals surface area contributed by atoms with Crippen LogP contribution in [0.1, 0.15) is 12.5 Å². The number of anilines is 1. The molecule has 0 aliphatic rings. The van der Waals surface area contributed by atoms with E-state index in [1.807, 2.05) is 0 Å². The van der Waals surface area contributed by atoms with E-state index < -0.39 is 17.5 Å². The van der Waals surface area contributed by atoms with Crippen LogP contribution in [-0.2, 0) is 6.54 Å². The van der Waals surface area contributed by atoms with E-state index in [1.54, 1.807) is 6.92 Å². The van der Waals surface area contributed by atoms with Crippen molar-refractivity contribution in [1.82, 2.24) is 0 Å². The van der Waals surface area contributed by atoms with E-state index in [2.05, 4.69) is 5.32 Å². The second-order valence-electron chi connectivity index (χ2n) is 4.16. The van der Waals surface area contributed by atoms with E-state index in [4.69, 9.17) is 4.74 Å². The highest BCUT2D eigenvalue weighted by molar-refractivity contribution is 5.56. The molecule has 5 heteroatoms. The quantitative estimate of drug-likeness (QED) is 0.890. The second kappa shape index (κ2) is 6.32. The average Bonchev–Trinajstić information content (AvgIpc) is 2.40. The van der Waals surface area contributed by atoms with Crippen molar-refractivity contribution < 1.29 is 17.9 Å². The third kappa shape index (κ3) is 3.44. The van der Waals surface area contributed by atoms with Gasteiger partial charge in [-0.15, -0.1) is 0 Å². The molecule has 0 aliphatic carbocycles. The molecule has 2 aromatic carbocycles. The lowest BCUT2D eigenvalue weighted by Crippen LogP contribution is -2.05. The standard InChI is InChI=1S/C15H14F3NO/c1-2-20-15-8-12(17)5-6-14(15)19-9-10-3-4-11(16)7-13(10)18/h3-8,19H,2,9H2,1H3. The van der Waals surface area contributed by atoms with Crippen molar-refractivity contribution in [2.75, 3.05) is 11.9 Å². The van der Waals surface area contributed by atoms with E-state index in [1.165, 1.54) is 30.3 Å². The van der Waals surface area contributed by atoms with Gasteiger partial charge in [-0.1, -0.05) is 6.07 Å². The predicted octanol–water partition coefficient (Wildman–Crippen LogP) is 4.11.